The van der Waals surface area contributed by atoms with Crippen LogP contribution in [0.5, 0.6) is 0 Å². The highest BCUT2D eigenvalue weighted by atomic mass is 79.9. The third-order valence-electron chi connectivity index (χ3n) is 1.83. The van der Waals surface area contributed by atoms with Crippen molar-refractivity contribution in [2.24, 2.45) is 0 Å². The summed E-state index contributed by atoms with van der Waals surface area (Å²) < 4.78 is 26.3. The lowest BCUT2D eigenvalue weighted by Crippen LogP contribution is -2.07. The SMILES string of the molecule is FC(F)Cn1ncc2c(Br)cncc21. The zero-order chi connectivity index (χ0) is 10.1. The topological polar surface area (TPSA) is 30.7 Å². The molecule has 0 N–H and O–H groups in total. The number of halogens is 3. The maximum absolute atomic E-state index is 12.1. The quantitative estimate of drug-likeness (QED) is 0.832. The smallest absolute Gasteiger partial charge is 0.257 e. The molecule has 2 heterocycles. The first-order valence-electron chi connectivity index (χ1n) is 3.91. The third-order valence-corrected chi connectivity index (χ3v) is 2.47. The van der Waals surface area contributed by atoms with Crippen LogP contribution in [0.25, 0.3) is 10.9 Å². The molecular formula is C8H6BrF2N3. The second-order valence-corrected chi connectivity index (χ2v) is 3.63. The van der Waals surface area contributed by atoms with Crippen molar-refractivity contribution in [2.75, 3.05) is 0 Å². The molecule has 0 bridgehead atoms. The molecule has 0 aromatic carbocycles. The van der Waals surface area contributed by atoms with Crippen LogP contribution >= 0.6 is 15.9 Å². The number of nitrogens with zero attached hydrogens (tertiary/aromatic N) is 3. The van der Waals surface area contributed by atoms with Gasteiger partial charge in [-0.15, -0.1) is 0 Å². The Labute approximate surface area is 86.9 Å². The van der Waals surface area contributed by atoms with Gasteiger partial charge in [-0.05, 0) is 15.9 Å². The van der Waals surface area contributed by atoms with Gasteiger partial charge in [-0.3, -0.25) is 9.67 Å². The zero-order valence-corrected chi connectivity index (χ0v) is 8.58. The number of alkyl halides is 2. The molecule has 0 saturated carbocycles. The Hall–Kier alpha value is -1.04. The molecule has 0 unspecified atom stereocenters. The molecule has 0 saturated heterocycles. The Bertz CT molecular complexity index is 455. The molecule has 2 aromatic rings. The second kappa shape index (κ2) is 3.61. The predicted molar refractivity (Wildman–Crippen MR) is 51.2 cm³/mol. The third kappa shape index (κ3) is 1.61. The minimum Gasteiger partial charge on any atom is -0.261 e. The van der Waals surface area contributed by atoms with Crippen LogP contribution < -0.4 is 0 Å². The lowest BCUT2D eigenvalue weighted by Gasteiger charge is -2.01. The average molecular weight is 262 g/mol. The van der Waals surface area contributed by atoms with Crippen molar-refractivity contribution in [3.8, 4) is 0 Å². The van der Waals surface area contributed by atoms with Crippen LogP contribution in [0.15, 0.2) is 23.1 Å². The second-order valence-electron chi connectivity index (χ2n) is 2.77. The predicted octanol–water partition coefficient (Wildman–Crippen LogP) is 2.46. The molecule has 6 heteroatoms. The number of aromatic nitrogens is 3. The van der Waals surface area contributed by atoms with E-state index in [4.69, 9.17) is 0 Å². The normalized spacial score (nSPS) is 11.4. The molecule has 3 nitrogen and oxygen atoms in total. The van der Waals surface area contributed by atoms with E-state index in [1.807, 2.05) is 0 Å². The Morgan fingerprint density at radius 2 is 2.14 bits per heavy atom. The maximum Gasteiger partial charge on any atom is 0.257 e. The van der Waals surface area contributed by atoms with Crippen LogP contribution in [0.4, 0.5) is 8.78 Å². The first-order valence-corrected chi connectivity index (χ1v) is 4.71. The van der Waals surface area contributed by atoms with Gasteiger partial charge in [0.25, 0.3) is 6.43 Å². The molecule has 0 aliphatic carbocycles. The maximum atomic E-state index is 12.1. The van der Waals surface area contributed by atoms with Gasteiger partial charge >= 0.3 is 0 Å². The Morgan fingerprint density at radius 3 is 2.86 bits per heavy atom. The first-order chi connectivity index (χ1) is 6.68. The van der Waals surface area contributed by atoms with Gasteiger partial charge in [-0.1, -0.05) is 0 Å². The van der Waals surface area contributed by atoms with Crippen LogP contribution in [0.2, 0.25) is 0 Å². The highest BCUT2D eigenvalue weighted by Gasteiger charge is 2.10. The number of fused-ring (bicyclic) bond motifs is 1. The fraction of sp³-hybridized carbons (Fsp3) is 0.250. The van der Waals surface area contributed by atoms with E-state index in [9.17, 15) is 8.78 Å². The molecule has 14 heavy (non-hydrogen) atoms. The lowest BCUT2D eigenvalue weighted by molar-refractivity contribution is 0.123. The molecular weight excluding hydrogens is 256 g/mol. The number of rotatable bonds is 2. The molecule has 2 rings (SSSR count). The van der Waals surface area contributed by atoms with Gasteiger partial charge in [0, 0.05) is 16.1 Å². The van der Waals surface area contributed by atoms with Gasteiger partial charge in [-0.25, -0.2) is 8.78 Å². The van der Waals surface area contributed by atoms with Crippen molar-refractivity contribution < 1.29 is 8.78 Å². The Balaban J connectivity index is 2.52. The van der Waals surface area contributed by atoms with Crippen molar-refractivity contribution in [3.05, 3.63) is 23.1 Å². The Kier molecular flexibility index (Phi) is 2.45. The van der Waals surface area contributed by atoms with E-state index in [1.165, 1.54) is 10.9 Å². The van der Waals surface area contributed by atoms with Gasteiger partial charge in [0.1, 0.15) is 6.54 Å². The van der Waals surface area contributed by atoms with E-state index in [-0.39, 0.29) is 0 Å². The minimum atomic E-state index is -2.41. The summed E-state index contributed by atoms with van der Waals surface area (Å²) in [5.41, 5.74) is 0.611. The average Bonchev–Trinajstić information content (AvgIpc) is 2.49. The molecule has 0 radical (unpaired) electrons. The summed E-state index contributed by atoms with van der Waals surface area (Å²) in [6, 6.07) is 0. The summed E-state index contributed by atoms with van der Waals surface area (Å²) in [5, 5.41) is 4.66. The van der Waals surface area contributed by atoms with Crippen LogP contribution in [-0.4, -0.2) is 21.2 Å². The minimum absolute atomic E-state index is 0.401. The standard InChI is InChI=1S/C8H6BrF2N3/c9-6-2-12-3-7-5(6)1-13-14(7)4-8(10)11/h1-3,8H,4H2. The molecule has 0 amide bonds. The summed E-state index contributed by atoms with van der Waals surface area (Å²) in [4.78, 5) is 3.90. The van der Waals surface area contributed by atoms with Crippen LogP contribution in [0.3, 0.4) is 0 Å². The summed E-state index contributed by atoms with van der Waals surface area (Å²) in [7, 11) is 0. The van der Waals surface area contributed by atoms with E-state index in [0.717, 1.165) is 9.86 Å². The van der Waals surface area contributed by atoms with Crippen molar-refractivity contribution in [3.63, 3.8) is 0 Å². The summed E-state index contributed by atoms with van der Waals surface area (Å²) >= 11 is 3.27. The molecule has 0 aliphatic rings. The number of hydrogen-bond acceptors (Lipinski definition) is 2. The Morgan fingerprint density at radius 1 is 1.36 bits per heavy atom. The van der Waals surface area contributed by atoms with Crippen LogP contribution in [-0.2, 0) is 6.54 Å². The van der Waals surface area contributed by atoms with E-state index >= 15 is 0 Å². The highest BCUT2D eigenvalue weighted by Crippen LogP contribution is 2.22. The van der Waals surface area contributed by atoms with Crippen molar-refractivity contribution >= 4 is 26.8 Å². The first kappa shape index (κ1) is 9.51. The molecule has 0 spiro atoms. The molecule has 0 aliphatic heterocycles. The van der Waals surface area contributed by atoms with E-state index in [0.29, 0.717) is 5.52 Å². The summed E-state index contributed by atoms with van der Waals surface area (Å²) in [6.45, 7) is -0.401. The fourth-order valence-corrected chi connectivity index (χ4v) is 1.66. The van der Waals surface area contributed by atoms with Gasteiger partial charge in [-0.2, -0.15) is 5.10 Å². The molecule has 0 atom stereocenters. The lowest BCUT2D eigenvalue weighted by atomic mass is 10.3. The summed E-state index contributed by atoms with van der Waals surface area (Å²) in [6.07, 6.45) is 2.27. The van der Waals surface area contributed by atoms with E-state index < -0.39 is 13.0 Å². The highest BCUT2D eigenvalue weighted by molar-refractivity contribution is 9.10. The monoisotopic (exact) mass is 261 g/mol. The largest absolute Gasteiger partial charge is 0.261 e. The van der Waals surface area contributed by atoms with Gasteiger partial charge in [0.05, 0.1) is 17.9 Å². The van der Waals surface area contributed by atoms with Gasteiger partial charge in [0.15, 0.2) is 0 Å². The summed E-state index contributed by atoms with van der Waals surface area (Å²) in [5.74, 6) is 0. The van der Waals surface area contributed by atoms with Gasteiger partial charge in [0.2, 0.25) is 0 Å². The number of pyridine rings is 1. The number of hydrogen-bond donors (Lipinski definition) is 0. The zero-order valence-electron chi connectivity index (χ0n) is 6.99. The fourth-order valence-electron chi connectivity index (χ4n) is 1.23. The molecule has 0 fully saturated rings. The molecule has 2 aromatic heterocycles. The van der Waals surface area contributed by atoms with Crippen molar-refractivity contribution in [2.45, 2.75) is 13.0 Å². The van der Waals surface area contributed by atoms with E-state index in [1.54, 1.807) is 12.4 Å². The van der Waals surface area contributed by atoms with Crippen LogP contribution in [0.1, 0.15) is 0 Å². The van der Waals surface area contributed by atoms with Gasteiger partial charge < -0.3 is 0 Å². The van der Waals surface area contributed by atoms with Crippen LogP contribution in [0, 0.1) is 0 Å². The van der Waals surface area contributed by atoms with Crippen molar-refractivity contribution in [1.29, 1.82) is 0 Å². The molecule has 74 valence electrons. The van der Waals surface area contributed by atoms with E-state index in [2.05, 4.69) is 26.0 Å². The van der Waals surface area contributed by atoms with Crippen molar-refractivity contribution in [1.82, 2.24) is 14.8 Å².